The first-order valence-electron chi connectivity index (χ1n) is 8.46. The topological polar surface area (TPSA) is 63.2 Å². The van der Waals surface area contributed by atoms with Crippen LogP contribution in [0.2, 0.25) is 0 Å². The SMILES string of the molecule is O=C(NCCSc1ccccc1)c1ccccc1S[C@H]1CCS(=O)(=O)C1. The second-order valence-corrected chi connectivity index (χ2v) is 10.8. The summed E-state index contributed by atoms with van der Waals surface area (Å²) in [5.41, 5.74) is 0.617. The van der Waals surface area contributed by atoms with E-state index in [2.05, 4.69) is 5.32 Å². The van der Waals surface area contributed by atoms with Gasteiger partial charge in [-0.15, -0.1) is 23.5 Å². The van der Waals surface area contributed by atoms with Crippen molar-refractivity contribution in [2.24, 2.45) is 0 Å². The van der Waals surface area contributed by atoms with Crippen LogP contribution in [0.3, 0.4) is 0 Å². The van der Waals surface area contributed by atoms with Crippen molar-refractivity contribution in [3.63, 3.8) is 0 Å². The number of nitrogens with one attached hydrogen (secondary N) is 1. The second kappa shape index (κ2) is 8.97. The van der Waals surface area contributed by atoms with E-state index in [9.17, 15) is 13.2 Å². The lowest BCUT2D eigenvalue weighted by atomic mass is 10.2. The van der Waals surface area contributed by atoms with Gasteiger partial charge in [0.1, 0.15) is 0 Å². The van der Waals surface area contributed by atoms with Gasteiger partial charge in [-0.2, -0.15) is 0 Å². The van der Waals surface area contributed by atoms with Gasteiger partial charge in [-0.25, -0.2) is 8.42 Å². The van der Waals surface area contributed by atoms with E-state index in [0.717, 1.165) is 10.6 Å². The minimum Gasteiger partial charge on any atom is -0.351 e. The van der Waals surface area contributed by atoms with E-state index in [1.807, 2.05) is 48.5 Å². The molecule has 4 nitrogen and oxygen atoms in total. The van der Waals surface area contributed by atoms with Gasteiger partial charge in [0, 0.05) is 27.3 Å². The molecule has 0 spiro atoms. The molecule has 1 N–H and O–H groups in total. The Morgan fingerprint density at radius 3 is 2.54 bits per heavy atom. The fraction of sp³-hybridized carbons (Fsp3) is 0.316. The monoisotopic (exact) mass is 407 g/mol. The quantitative estimate of drug-likeness (QED) is 0.562. The van der Waals surface area contributed by atoms with Gasteiger partial charge in [0.15, 0.2) is 9.84 Å². The lowest BCUT2D eigenvalue weighted by Gasteiger charge is -2.12. The van der Waals surface area contributed by atoms with E-state index in [0.29, 0.717) is 18.5 Å². The largest absolute Gasteiger partial charge is 0.351 e. The van der Waals surface area contributed by atoms with Crippen molar-refractivity contribution in [2.45, 2.75) is 21.5 Å². The van der Waals surface area contributed by atoms with E-state index < -0.39 is 9.84 Å². The number of amides is 1. The Bertz CT molecular complexity index is 853. The van der Waals surface area contributed by atoms with Gasteiger partial charge in [-0.05, 0) is 30.7 Å². The van der Waals surface area contributed by atoms with Gasteiger partial charge < -0.3 is 5.32 Å². The lowest BCUT2D eigenvalue weighted by Crippen LogP contribution is -2.26. The smallest absolute Gasteiger partial charge is 0.252 e. The third kappa shape index (κ3) is 5.53. The summed E-state index contributed by atoms with van der Waals surface area (Å²) in [5.74, 6) is 1.13. The summed E-state index contributed by atoms with van der Waals surface area (Å²) in [6.07, 6.45) is 0.649. The van der Waals surface area contributed by atoms with Crippen LogP contribution in [-0.4, -0.2) is 43.4 Å². The van der Waals surface area contributed by atoms with E-state index >= 15 is 0 Å². The highest BCUT2D eigenvalue weighted by Gasteiger charge is 2.29. The minimum atomic E-state index is -2.92. The van der Waals surface area contributed by atoms with Crippen LogP contribution in [0.15, 0.2) is 64.4 Å². The molecule has 0 bridgehead atoms. The van der Waals surface area contributed by atoms with Crippen molar-refractivity contribution in [1.29, 1.82) is 0 Å². The normalized spacial score (nSPS) is 18.5. The molecule has 0 radical (unpaired) electrons. The fourth-order valence-corrected chi connectivity index (χ4v) is 7.15. The number of benzene rings is 2. The van der Waals surface area contributed by atoms with Crippen LogP contribution in [0, 0.1) is 0 Å². The molecule has 1 aliphatic heterocycles. The third-order valence-electron chi connectivity index (χ3n) is 4.02. The molecule has 0 saturated carbocycles. The van der Waals surface area contributed by atoms with Crippen molar-refractivity contribution < 1.29 is 13.2 Å². The molecule has 1 heterocycles. The Balaban J connectivity index is 1.54. The van der Waals surface area contributed by atoms with Crippen molar-refractivity contribution in [3.05, 3.63) is 60.2 Å². The first-order valence-corrected chi connectivity index (χ1v) is 12.1. The van der Waals surface area contributed by atoms with Crippen molar-refractivity contribution in [1.82, 2.24) is 5.32 Å². The number of hydrogen-bond acceptors (Lipinski definition) is 5. The highest BCUT2D eigenvalue weighted by Crippen LogP contribution is 2.33. The Labute approximate surface area is 163 Å². The Kier molecular flexibility index (Phi) is 6.67. The molecule has 2 aromatic carbocycles. The second-order valence-electron chi connectivity index (χ2n) is 6.06. The van der Waals surface area contributed by atoms with Crippen molar-refractivity contribution >= 4 is 39.3 Å². The zero-order valence-electron chi connectivity index (χ0n) is 14.3. The van der Waals surface area contributed by atoms with Gasteiger partial charge in [-0.1, -0.05) is 30.3 Å². The number of carbonyl (C=O) groups excluding carboxylic acids is 1. The molecule has 1 fully saturated rings. The molecule has 26 heavy (non-hydrogen) atoms. The Morgan fingerprint density at radius 2 is 1.81 bits per heavy atom. The molecule has 0 aliphatic carbocycles. The summed E-state index contributed by atoms with van der Waals surface area (Å²) in [6.45, 7) is 0.579. The molecule has 138 valence electrons. The molecule has 0 aromatic heterocycles. The van der Waals surface area contributed by atoms with Gasteiger partial charge in [-0.3, -0.25) is 4.79 Å². The molecular weight excluding hydrogens is 386 g/mol. The number of hydrogen-bond donors (Lipinski definition) is 1. The average Bonchev–Trinajstić information content (AvgIpc) is 2.98. The number of thioether (sulfide) groups is 2. The van der Waals surface area contributed by atoms with E-state index in [1.165, 1.54) is 16.7 Å². The summed E-state index contributed by atoms with van der Waals surface area (Å²) < 4.78 is 23.3. The summed E-state index contributed by atoms with van der Waals surface area (Å²) in [7, 11) is -2.92. The number of sulfone groups is 1. The maximum Gasteiger partial charge on any atom is 0.252 e. The summed E-state index contributed by atoms with van der Waals surface area (Å²) in [4.78, 5) is 14.6. The number of carbonyl (C=O) groups is 1. The third-order valence-corrected chi connectivity index (χ3v) is 8.35. The summed E-state index contributed by atoms with van der Waals surface area (Å²) in [5, 5.41) is 2.99. The Morgan fingerprint density at radius 1 is 1.08 bits per heavy atom. The van der Waals surface area contributed by atoms with Gasteiger partial charge in [0.05, 0.1) is 17.1 Å². The molecule has 1 amide bonds. The molecule has 2 aromatic rings. The first kappa shape index (κ1) is 19.3. The van der Waals surface area contributed by atoms with E-state index in [1.54, 1.807) is 17.8 Å². The van der Waals surface area contributed by atoms with Gasteiger partial charge >= 0.3 is 0 Å². The Hall–Kier alpha value is -1.44. The molecule has 1 aliphatic rings. The van der Waals surface area contributed by atoms with Crippen LogP contribution < -0.4 is 5.32 Å². The minimum absolute atomic E-state index is 0.0302. The molecular formula is C19H21NO3S3. The highest BCUT2D eigenvalue weighted by atomic mass is 32.2. The van der Waals surface area contributed by atoms with Gasteiger partial charge in [0.25, 0.3) is 5.91 Å². The molecule has 1 atom stereocenters. The zero-order chi connectivity index (χ0) is 18.4. The van der Waals surface area contributed by atoms with Crippen LogP contribution in [-0.2, 0) is 9.84 Å². The van der Waals surface area contributed by atoms with E-state index in [-0.39, 0.29) is 22.7 Å². The van der Waals surface area contributed by atoms with E-state index in [4.69, 9.17) is 0 Å². The first-order chi connectivity index (χ1) is 12.5. The van der Waals surface area contributed by atoms with Crippen LogP contribution >= 0.6 is 23.5 Å². The maximum absolute atomic E-state index is 12.5. The van der Waals surface area contributed by atoms with Crippen LogP contribution in [0.25, 0.3) is 0 Å². The molecule has 3 rings (SSSR count). The molecule has 1 saturated heterocycles. The predicted molar refractivity (Wildman–Crippen MR) is 109 cm³/mol. The average molecular weight is 408 g/mol. The van der Waals surface area contributed by atoms with Crippen LogP contribution in [0.1, 0.15) is 16.8 Å². The summed E-state index contributed by atoms with van der Waals surface area (Å²) >= 11 is 3.20. The highest BCUT2D eigenvalue weighted by molar-refractivity contribution is 8.02. The van der Waals surface area contributed by atoms with Crippen LogP contribution in [0.4, 0.5) is 0 Å². The maximum atomic E-state index is 12.5. The van der Waals surface area contributed by atoms with Crippen LogP contribution in [0.5, 0.6) is 0 Å². The standard InChI is InChI=1S/C19H21NO3S3/c21-19(20-11-12-24-15-6-2-1-3-7-15)17-8-4-5-9-18(17)25-16-10-13-26(22,23)14-16/h1-9,16H,10-14H2,(H,20,21)/t16-/m0/s1. The molecule has 0 unspecified atom stereocenters. The lowest BCUT2D eigenvalue weighted by molar-refractivity contribution is 0.0953. The predicted octanol–water partition coefficient (Wildman–Crippen LogP) is 3.49. The van der Waals surface area contributed by atoms with Gasteiger partial charge in [0.2, 0.25) is 0 Å². The fourth-order valence-electron chi connectivity index (χ4n) is 2.74. The van der Waals surface area contributed by atoms with Crippen molar-refractivity contribution in [3.8, 4) is 0 Å². The summed E-state index contributed by atoms with van der Waals surface area (Å²) in [6, 6.07) is 17.5. The number of rotatable bonds is 7. The zero-order valence-corrected chi connectivity index (χ0v) is 16.7. The van der Waals surface area contributed by atoms with Crippen molar-refractivity contribution in [2.75, 3.05) is 23.8 Å². The molecule has 7 heteroatoms.